The summed E-state index contributed by atoms with van der Waals surface area (Å²) in [4.78, 5) is 17.6. The highest BCUT2D eigenvalue weighted by atomic mass is 35.5. The number of sulfonamides is 1. The van der Waals surface area contributed by atoms with Crippen LogP contribution >= 0.6 is 11.6 Å². The van der Waals surface area contributed by atoms with Gasteiger partial charge in [-0.25, -0.2) is 13.2 Å². The lowest BCUT2D eigenvalue weighted by molar-refractivity contribution is -0.0816. The maximum absolute atomic E-state index is 13.9. The lowest BCUT2D eigenvalue weighted by atomic mass is 9.98. The van der Waals surface area contributed by atoms with Crippen LogP contribution in [0.2, 0.25) is 5.02 Å². The molecule has 2 heterocycles. The zero-order valence-electron chi connectivity index (χ0n) is 22.1. The van der Waals surface area contributed by atoms with E-state index in [-0.39, 0.29) is 35.1 Å². The molecule has 0 N–H and O–H groups in total. The van der Waals surface area contributed by atoms with Crippen molar-refractivity contribution in [3.8, 4) is 0 Å². The molecule has 0 unspecified atom stereocenters. The molecule has 0 spiro atoms. The van der Waals surface area contributed by atoms with Crippen LogP contribution in [0.1, 0.15) is 53.9 Å². The van der Waals surface area contributed by atoms with E-state index >= 15 is 0 Å². The highest BCUT2D eigenvalue weighted by Crippen LogP contribution is 2.48. The number of benzene rings is 1. The maximum atomic E-state index is 13.9. The van der Waals surface area contributed by atoms with Gasteiger partial charge in [-0.2, -0.15) is 4.31 Å². The standard InChI is InChI=1S/C26H40ClN3O5S/c1-6-25(4,5)29-15-13-28(14-16-29)24(31)35-26(11-12-26)23-18-34-17-22(19(2)3)30(23)36(32,33)21-9-7-20(27)8-10-21/h7-10,19,22-23H,6,11-18H2,1-5H3/t22-,23+/m0/s1. The van der Waals surface area contributed by atoms with Gasteiger partial charge in [0.25, 0.3) is 0 Å². The normalized spacial score (nSPS) is 25.7. The summed E-state index contributed by atoms with van der Waals surface area (Å²) in [5.41, 5.74) is -0.778. The van der Waals surface area contributed by atoms with Crippen molar-refractivity contribution in [2.75, 3.05) is 39.4 Å². The smallest absolute Gasteiger partial charge is 0.410 e. The molecule has 2 saturated heterocycles. The highest BCUT2D eigenvalue weighted by Gasteiger charge is 2.60. The Morgan fingerprint density at radius 1 is 1.14 bits per heavy atom. The van der Waals surface area contributed by atoms with Crippen molar-refractivity contribution >= 4 is 27.7 Å². The number of carbonyl (C=O) groups excluding carboxylic acids is 1. The number of halogens is 1. The lowest BCUT2D eigenvalue weighted by Gasteiger charge is -2.46. The quantitative estimate of drug-likeness (QED) is 0.514. The number of ether oxygens (including phenoxy) is 2. The van der Waals surface area contributed by atoms with E-state index in [1.807, 2.05) is 13.8 Å². The van der Waals surface area contributed by atoms with Gasteiger partial charge in [-0.3, -0.25) is 4.90 Å². The summed E-state index contributed by atoms with van der Waals surface area (Å²) in [6, 6.07) is 5.29. The van der Waals surface area contributed by atoms with Crippen LogP contribution < -0.4 is 0 Å². The zero-order chi connectivity index (χ0) is 26.3. The largest absolute Gasteiger partial charge is 0.441 e. The van der Waals surface area contributed by atoms with Crippen LogP contribution in [-0.4, -0.2) is 91.2 Å². The number of hydrogen-bond donors (Lipinski definition) is 0. The topological polar surface area (TPSA) is 79.4 Å². The first-order valence-electron chi connectivity index (χ1n) is 13.0. The first-order valence-corrected chi connectivity index (χ1v) is 14.8. The van der Waals surface area contributed by atoms with E-state index in [4.69, 9.17) is 21.1 Å². The van der Waals surface area contributed by atoms with Gasteiger partial charge in [0.15, 0.2) is 0 Å². The predicted octanol–water partition coefficient (Wildman–Crippen LogP) is 4.23. The average Bonchev–Trinajstić information content (AvgIpc) is 3.64. The molecule has 3 aliphatic rings. The fraction of sp³-hybridized carbons (Fsp3) is 0.731. The molecule has 3 fully saturated rings. The van der Waals surface area contributed by atoms with Gasteiger partial charge < -0.3 is 14.4 Å². The SMILES string of the molecule is CCC(C)(C)N1CCN(C(=O)OC2([C@H]3COC[C@@H](C(C)C)N3S(=O)(=O)c3ccc(Cl)cc3)CC2)CC1. The Morgan fingerprint density at radius 3 is 2.28 bits per heavy atom. The van der Waals surface area contributed by atoms with Crippen molar-refractivity contribution in [2.45, 2.75) is 82.0 Å². The van der Waals surface area contributed by atoms with E-state index in [2.05, 4.69) is 25.7 Å². The van der Waals surface area contributed by atoms with Crippen molar-refractivity contribution in [1.82, 2.24) is 14.1 Å². The molecule has 1 aromatic carbocycles. The van der Waals surface area contributed by atoms with Crippen molar-refractivity contribution in [3.63, 3.8) is 0 Å². The molecule has 1 saturated carbocycles. The highest BCUT2D eigenvalue weighted by molar-refractivity contribution is 7.89. The molecule has 1 aromatic rings. The van der Waals surface area contributed by atoms with Crippen LogP contribution in [0.25, 0.3) is 0 Å². The number of nitrogens with zero attached hydrogens (tertiary/aromatic N) is 3. The molecule has 0 bridgehead atoms. The molecule has 4 rings (SSSR count). The number of morpholine rings is 1. The Morgan fingerprint density at radius 2 is 1.75 bits per heavy atom. The van der Waals surface area contributed by atoms with Crippen molar-refractivity contribution in [1.29, 1.82) is 0 Å². The fourth-order valence-corrected chi connectivity index (χ4v) is 7.30. The van der Waals surface area contributed by atoms with Gasteiger partial charge in [0.05, 0.1) is 30.2 Å². The molecule has 36 heavy (non-hydrogen) atoms. The van der Waals surface area contributed by atoms with Crippen LogP contribution in [0, 0.1) is 5.92 Å². The third-order valence-corrected chi connectivity index (χ3v) is 10.5. The summed E-state index contributed by atoms with van der Waals surface area (Å²) in [7, 11) is -3.87. The summed E-state index contributed by atoms with van der Waals surface area (Å²) in [5, 5.41) is 0.475. The molecule has 1 amide bonds. The fourth-order valence-electron chi connectivity index (χ4n) is 5.21. The second-order valence-corrected chi connectivity index (χ2v) is 13.5. The zero-order valence-corrected chi connectivity index (χ0v) is 23.6. The van der Waals surface area contributed by atoms with Gasteiger partial charge in [-0.15, -0.1) is 0 Å². The lowest BCUT2D eigenvalue weighted by Crippen LogP contribution is -2.62. The minimum Gasteiger partial charge on any atom is -0.441 e. The van der Waals surface area contributed by atoms with Crippen molar-refractivity contribution in [2.24, 2.45) is 5.92 Å². The van der Waals surface area contributed by atoms with Crippen LogP contribution in [0.3, 0.4) is 0 Å². The van der Waals surface area contributed by atoms with Crippen LogP contribution in [-0.2, 0) is 19.5 Å². The molecule has 2 atom stereocenters. The first kappa shape index (κ1) is 27.6. The number of carbonyl (C=O) groups is 1. The van der Waals surface area contributed by atoms with E-state index in [1.165, 1.54) is 12.1 Å². The number of piperazine rings is 1. The summed E-state index contributed by atoms with van der Waals surface area (Å²) in [5.74, 6) is 0.0244. The Hall–Kier alpha value is -1.39. The summed E-state index contributed by atoms with van der Waals surface area (Å²) < 4.78 is 41.5. The van der Waals surface area contributed by atoms with Gasteiger partial charge in [-0.1, -0.05) is 32.4 Å². The second-order valence-electron chi connectivity index (χ2n) is 11.2. The molecular weight excluding hydrogens is 502 g/mol. The average molecular weight is 542 g/mol. The molecule has 0 aromatic heterocycles. The number of amides is 1. The number of rotatable bonds is 7. The van der Waals surface area contributed by atoms with E-state index in [0.717, 1.165) is 19.5 Å². The van der Waals surface area contributed by atoms with E-state index in [1.54, 1.807) is 21.3 Å². The Labute approximate surface area is 220 Å². The van der Waals surface area contributed by atoms with E-state index in [9.17, 15) is 13.2 Å². The molecule has 202 valence electrons. The molecule has 0 radical (unpaired) electrons. The Bertz CT molecular complexity index is 1030. The van der Waals surface area contributed by atoms with Crippen molar-refractivity contribution in [3.05, 3.63) is 29.3 Å². The van der Waals surface area contributed by atoms with Crippen LogP contribution in [0.15, 0.2) is 29.2 Å². The van der Waals surface area contributed by atoms with Gasteiger partial charge in [0, 0.05) is 36.7 Å². The summed E-state index contributed by atoms with van der Waals surface area (Å²) >= 11 is 6.02. The van der Waals surface area contributed by atoms with Gasteiger partial charge >= 0.3 is 6.09 Å². The minimum absolute atomic E-state index is 0.0244. The monoisotopic (exact) mass is 541 g/mol. The van der Waals surface area contributed by atoms with Gasteiger partial charge in [0.1, 0.15) is 5.60 Å². The minimum atomic E-state index is -3.87. The predicted molar refractivity (Wildman–Crippen MR) is 140 cm³/mol. The third kappa shape index (κ3) is 5.41. The van der Waals surface area contributed by atoms with Crippen molar-refractivity contribution < 1.29 is 22.7 Å². The van der Waals surface area contributed by atoms with Crippen LogP contribution in [0.5, 0.6) is 0 Å². The molecular formula is C26H40ClN3O5S. The molecule has 10 heteroatoms. The van der Waals surface area contributed by atoms with Crippen LogP contribution in [0.4, 0.5) is 4.79 Å². The molecule has 1 aliphatic carbocycles. The second kappa shape index (κ2) is 10.4. The van der Waals surface area contributed by atoms with E-state index in [0.29, 0.717) is 37.6 Å². The first-order chi connectivity index (χ1) is 16.9. The van der Waals surface area contributed by atoms with Gasteiger partial charge in [-0.05, 0) is 63.3 Å². The summed E-state index contributed by atoms with van der Waals surface area (Å²) in [6.45, 7) is 13.9. The maximum Gasteiger partial charge on any atom is 0.410 e. The Kier molecular flexibility index (Phi) is 7.99. The van der Waals surface area contributed by atoms with E-state index < -0.39 is 21.7 Å². The van der Waals surface area contributed by atoms with Gasteiger partial charge in [0.2, 0.25) is 10.0 Å². The molecule has 2 aliphatic heterocycles. The molecule has 8 nitrogen and oxygen atoms in total. The Balaban J connectivity index is 1.54. The number of hydrogen-bond acceptors (Lipinski definition) is 6. The summed E-state index contributed by atoms with van der Waals surface area (Å²) in [6.07, 6.45) is 1.91. The third-order valence-electron chi connectivity index (χ3n) is 8.26.